The fourth-order valence-corrected chi connectivity index (χ4v) is 5.58. The zero-order chi connectivity index (χ0) is 21.3. The van der Waals surface area contributed by atoms with Crippen LogP contribution in [0.5, 0.6) is 0 Å². The van der Waals surface area contributed by atoms with Crippen LogP contribution in [-0.2, 0) is 0 Å². The first-order valence-electron chi connectivity index (χ1n) is 11.6. The summed E-state index contributed by atoms with van der Waals surface area (Å²) in [5.41, 5.74) is 11.3. The minimum absolute atomic E-state index is 0.443. The van der Waals surface area contributed by atoms with E-state index in [1.165, 1.54) is 44.5 Å². The molecule has 2 atom stereocenters. The fraction of sp³-hybridized carbons (Fsp3) is 0.125. The van der Waals surface area contributed by atoms with Crippen LogP contribution in [0.15, 0.2) is 109 Å². The Hall–Kier alpha value is -3.64. The molecule has 0 amide bonds. The van der Waals surface area contributed by atoms with Crippen LogP contribution in [0.25, 0.3) is 23.3 Å². The van der Waals surface area contributed by atoms with Gasteiger partial charge in [-0.2, -0.15) is 0 Å². The number of fused-ring (bicyclic) bond motifs is 2. The lowest BCUT2D eigenvalue weighted by Crippen LogP contribution is -2.05. The van der Waals surface area contributed by atoms with E-state index < -0.39 is 0 Å². The highest BCUT2D eigenvalue weighted by atomic mass is 14.3. The Morgan fingerprint density at radius 1 is 0.406 bits per heavy atom. The Bertz CT molecular complexity index is 1200. The molecule has 4 aromatic rings. The van der Waals surface area contributed by atoms with Gasteiger partial charge >= 0.3 is 0 Å². The van der Waals surface area contributed by atoms with Gasteiger partial charge < -0.3 is 0 Å². The molecule has 0 radical (unpaired) electrons. The monoisotopic (exact) mass is 410 g/mol. The smallest absolute Gasteiger partial charge is 0.0102 e. The molecule has 0 heterocycles. The van der Waals surface area contributed by atoms with Gasteiger partial charge in [0.05, 0.1) is 0 Å². The van der Waals surface area contributed by atoms with Crippen molar-refractivity contribution in [2.45, 2.75) is 24.7 Å². The first-order chi connectivity index (χ1) is 15.9. The lowest BCUT2D eigenvalue weighted by molar-refractivity contribution is 0.657. The van der Waals surface area contributed by atoms with Crippen molar-refractivity contribution in [3.8, 4) is 0 Å². The zero-order valence-electron chi connectivity index (χ0n) is 18.1. The van der Waals surface area contributed by atoms with Crippen molar-refractivity contribution < 1.29 is 0 Å². The molecule has 4 aromatic carbocycles. The lowest BCUT2D eigenvalue weighted by atomic mass is 9.81. The second-order valence-electron chi connectivity index (χ2n) is 8.87. The van der Waals surface area contributed by atoms with Gasteiger partial charge in [0.15, 0.2) is 0 Å². The van der Waals surface area contributed by atoms with Crippen molar-refractivity contribution in [3.63, 3.8) is 0 Å². The van der Waals surface area contributed by atoms with Crippen molar-refractivity contribution in [2.75, 3.05) is 0 Å². The first kappa shape index (κ1) is 19.1. The van der Waals surface area contributed by atoms with E-state index in [1.807, 2.05) is 0 Å². The van der Waals surface area contributed by atoms with Crippen LogP contribution in [0.1, 0.15) is 58.1 Å². The van der Waals surface area contributed by atoms with Gasteiger partial charge in [0.2, 0.25) is 0 Å². The van der Waals surface area contributed by atoms with Crippen LogP contribution in [0.3, 0.4) is 0 Å². The van der Waals surface area contributed by atoms with E-state index in [9.17, 15) is 0 Å². The summed E-state index contributed by atoms with van der Waals surface area (Å²) < 4.78 is 0. The third-order valence-corrected chi connectivity index (χ3v) is 7.07. The summed E-state index contributed by atoms with van der Waals surface area (Å²) in [5, 5.41) is 0. The van der Waals surface area contributed by atoms with Gasteiger partial charge in [0, 0.05) is 11.8 Å². The van der Waals surface area contributed by atoms with E-state index in [0.717, 1.165) is 12.8 Å². The molecule has 0 heteroatoms. The van der Waals surface area contributed by atoms with Crippen molar-refractivity contribution in [2.24, 2.45) is 0 Å². The minimum Gasteiger partial charge on any atom is -0.0622 e. The van der Waals surface area contributed by atoms with Gasteiger partial charge in [-0.3, -0.25) is 0 Å². The Morgan fingerprint density at radius 2 is 0.781 bits per heavy atom. The molecule has 0 saturated carbocycles. The molecule has 0 saturated heterocycles. The first-order valence-corrected chi connectivity index (χ1v) is 11.6. The largest absolute Gasteiger partial charge is 0.0622 e. The molecule has 2 unspecified atom stereocenters. The molecule has 32 heavy (non-hydrogen) atoms. The highest BCUT2D eigenvalue weighted by Crippen LogP contribution is 2.49. The molecule has 154 valence electrons. The molecule has 0 nitrogen and oxygen atoms in total. The highest BCUT2D eigenvalue weighted by Gasteiger charge is 2.30. The molecule has 0 aromatic heterocycles. The third kappa shape index (κ3) is 3.33. The number of hydrogen-bond acceptors (Lipinski definition) is 0. The maximum absolute atomic E-state index is 2.41. The highest BCUT2D eigenvalue weighted by molar-refractivity contribution is 5.93. The summed E-state index contributed by atoms with van der Waals surface area (Å²) in [7, 11) is 0. The average molecular weight is 411 g/mol. The van der Waals surface area contributed by atoms with E-state index in [0.29, 0.717) is 11.8 Å². The number of allylic oxidation sites excluding steroid dienone is 2. The molecule has 0 N–H and O–H groups in total. The Morgan fingerprint density at radius 3 is 1.22 bits per heavy atom. The summed E-state index contributed by atoms with van der Waals surface area (Å²) in [6.45, 7) is 0. The lowest BCUT2D eigenvalue weighted by Gasteiger charge is -2.22. The molecule has 0 bridgehead atoms. The normalized spacial score (nSPS) is 18.6. The van der Waals surface area contributed by atoms with Gasteiger partial charge in [-0.1, -0.05) is 121 Å². The standard InChI is InChI=1S/C32H26/c1-3-11-23(12-4-1)31-21-25-15-7-9-17-27(25)29(31)19-20-30-28-18-10-8-16-26(28)22-32(30)24-13-5-2-6-14-24/h1-18,21-22,29-30H,19-20H2. The van der Waals surface area contributed by atoms with Crippen molar-refractivity contribution in [1.82, 2.24) is 0 Å². The molecule has 2 aliphatic carbocycles. The van der Waals surface area contributed by atoms with Gasteiger partial charge in [0.25, 0.3) is 0 Å². The SMILES string of the molecule is C1=C(c2ccccc2)C(CCC2C(c3ccccc3)=Cc3ccccc32)c2ccccc21. The summed E-state index contributed by atoms with van der Waals surface area (Å²) in [6.07, 6.45) is 7.10. The summed E-state index contributed by atoms with van der Waals surface area (Å²) in [4.78, 5) is 0. The van der Waals surface area contributed by atoms with Crippen LogP contribution in [0.2, 0.25) is 0 Å². The van der Waals surface area contributed by atoms with Gasteiger partial charge in [0.1, 0.15) is 0 Å². The molecule has 0 aliphatic heterocycles. The van der Waals surface area contributed by atoms with E-state index in [1.54, 1.807) is 0 Å². The van der Waals surface area contributed by atoms with Gasteiger partial charge in [-0.15, -0.1) is 0 Å². The van der Waals surface area contributed by atoms with Crippen LogP contribution in [0.4, 0.5) is 0 Å². The maximum atomic E-state index is 2.41. The predicted octanol–water partition coefficient (Wildman–Crippen LogP) is 8.44. The number of rotatable bonds is 5. The fourth-order valence-electron chi connectivity index (χ4n) is 5.58. The molecule has 6 rings (SSSR count). The van der Waals surface area contributed by atoms with Crippen LogP contribution >= 0.6 is 0 Å². The van der Waals surface area contributed by atoms with Crippen LogP contribution in [0, 0.1) is 0 Å². The van der Waals surface area contributed by atoms with Crippen LogP contribution in [-0.4, -0.2) is 0 Å². The predicted molar refractivity (Wildman–Crippen MR) is 136 cm³/mol. The van der Waals surface area contributed by atoms with Crippen molar-refractivity contribution >= 4 is 23.3 Å². The second kappa shape index (κ2) is 8.13. The Balaban J connectivity index is 1.34. The molecule has 0 spiro atoms. The second-order valence-corrected chi connectivity index (χ2v) is 8.87. The van der Waals surface area contributed by atoms with Crippen molar-refractivity contribution in [1.29, 1.82) is 0 Å². The third-order valence-electron chi connectivity index (χ3n) is 7.07. The minimum atomic E-state index is 0.443. The number of hydrogen-bond donors (Lipinski definition) is 0. The zero-order valence-corrected chi connectivity index (χ0v) is 18.1. The molecular formula is C32H26. The summed E-state index contributed by atoms with van der Waals surface area (Å²) in [5.74, 6) is 0.886. The van der Waals surface area contributed by atoms with E-state index >= 15 is 0 Å². The Kier molecular flexibility index (Phi) is 4.85. The van der Waals surface area contributed by atoms with Crippen LogP contribution < -0.4 is 0 Å². The van der Waals surface area contributed by atoms with Crippen molar-refractivity contribution in [3.05, 3.63) is 143 Å². The van der Waals surface area contributed by atoms with E-state index in [2.05, 4.69) is 121 Å². The molecule has 0 fully saturated rings. The number of benzene rings is 4. The van der Waals surface area contributed by atoms with Gasteiger partial charge in [-0.05, 0) is 57.4 Å². The Labute approximate surface area is 190 Å². The summed E-state index contributed by atoms with van der Waals surface area (Å²) in [6, 6.07) is 39.7. The molecule has 2 aliphatic rings. The summed E-state index contributed by atoms with van der Waals surface area (Å²) >= 11 is 0. The quantitative estimate of drug-likeness (QED) is 0.310. The average Bonchev–Trinajstić information content (AvgIpc) is 3.42. The maximum Gasteiger partial charge on any atom is 0.0102 e. The topological polar surface area (TPSA) is 0 Å². The molecular weight excluding hydrogens is 384 g/mol. The van der Waals surface area contributed by atoms with E-state index in [-0.39, 0.29) is 0 Å². The van der Waals surface area contributed by atoms with E-state index in [4.69, 9.17) is 0 Å². The van der Waals surface area contributed by atoms with Gasteiger partial charge in [-0.25, -0.2) is 0 Å².